The van der Waals surface area contributed by atoms with Crippen molar-refractivity contribution >= 4 is 6.03 Å². The topological polar surface area (TPSA) is 61.8 Å². The lowest BCUT2D eigenvalue weighted by Crippen LogP contribution is -2.46. The van der Waals surface area contributed by atoms with Gasteiger partial charge < -0.3 is 20.1 Å². The van der Waals surface area contributed by atoms with Crippen LogP contribution in [-0.4, -0.2) is 42.3 Å². The van der Waals surface area contributed by atoms with Gasteiger partial charge in [0.1, 0.15) is 5.75 Å². The molecule has 0 radical (unpaired) electrons. The average molecular weight is 320 g/mol. The number of phenolic OH excluding ortho intramolecular Hbond substituents is 1. The number of aromatic hydroxyl groups is 1. The highest BCUT2D eigenvalue weighted by atomic mass is 16.5. The first-order valence-corrected chi connectivity index (χ1v) is 8.52. The largest absolute Gasteiger partial charge is 0.508 e. The Morgan fingerprint density at radius 2 is 2.04 bits per heavy atom. The fraction of sp³-hybridized carbons (Fsp3) is 0.611. The van der Waals surface area contributed by atoms with Crippen LogP contribution in [0.1, 0.15) is 44.1 Å². The summed E-state index contributed by atoms with van der Waals surface area (Å²) >= 11 is 0. The van der Waals surface area contributed by atoms with Gasteiger partial charge in [-0.15, -0.1) is 0 Å². The number of nitrogens with zero attached hydrogens (tertiary/aromatic N) is 1. The highest BCUT2D eigenvalue weighted by Crippen LogP contribution is 2.26. The lowest BCUT2D eigenvalue weighted by molar-refractivity contribution is 0.148. The van der Waals surface area contributed by atoms with Gasteiger partial charge >= 0.3 is 6.03 Å². The lowest BCUT2D eigenvalue weighted by atomic mass is 9.94. The molecule has 0 bridgehead atoms. The van der Waals surface area contributed by atoms with Crippen LogP contribution in [0.2, 0.25) is 0 Å². The maximum absolute atomic E-state index is 12.6. The van der Waals surface area contributed by atoms with Crippen molar-refractivity contribution < 1.29 is 14.6 Å². The van der Waals surface area contributed by atoms with E-state index >= 15 is 0 Å². The van der Waals surface area contributed by atoms with E-state index in [0.717, 1.165) is 24.8 Å². The van der Waals surface area contributed by atoms with E-state index in [-0.39, 0.29) is 17.8 Å². The van der Waals surface area contributed by atoms with Gasteiger partial charge in [0, 0.05) is 31.9 Å². The fourth-order valence-electron chi connectivity index (χ4n) is 3.10. The number of nitrogens with one attached hydrogen (secondary N) is 1. The highest BCUT2D eigenvalue weighted by molar-refractivity contribution is 5.74. The van der Waals surface area contributed by atoms with Crippen LogP contribution in [0.4, 0.5) is 4.79 Å². The van der Waals surface area contributed by atoms with E-state index < -0.39 is 0 Å². The summed E-state index contributed by atoms with van der Waals surface area (Å²) in [5.41, 5.74) is 0.796. The highest BCUT2D eigenvalue weighted by Gasteiger charge is 2.26. The molecule has 1 fully saturated rings. The second kappa shape index (κ2) is 9.40. The number of carbonyl (C=O) groups excluding carboxylic acids is 1. The maximum Gasteiger partial charge on any atom is 0.317 e. The molecule has 0 saturated heterocycles. The summed E-state index contributed by atoms with van der Waals surface area (Å²) in [5.74, 6) is 0.250. The minimum atomic E-state index is -0.0451. The third-order valence-corrected chi connectivity index (χ3v) is 4.41. The molecule has 128 valence electrons. The predicted octanol–water partition coefficient (Wildman–Crippen LogP) is 3.27. The molecule has 1 aliphatic carbocycles. The summed E-state index contributed by atoms with van der Waals surface area (Å²) in [5, 5.41) is 13.0. The predicted molar refractivity (Wildman–Crippen MR) is 90.4 cm³/mol. The summed E-state index contributed by atoms with van der Waals surface area (Å²) in [7, 11) is 1.66. The molecule has 2 N–H and O–H groups in total. The molecule has 2 rings (SSSR count). The van der Waals surface area contributed by atoms with Gasteiger partial charge in [0.05, 0.1) is 6.54 Å². The summed E-state index contributed by atoms with van der Waals surface area (Å²) in [6.45, 7) is 1.70. The van der Waals surface area contributed by atoms with E-state index in [4.69, 9.17) is 4.74 Å². The first-order chi connectivity index (χ1) is 11.2. The second-order valence-corrected chi connectivity index (χ2v) is 6.13. The summed E-state index contributed by atoms with van der Waals surface area (Å²) in [4.78, 5) is 14.5. The van der Waals surface area contributed by atoms with E-state index in [0.29, 0.717) is 19.7 Å². The zero-order chi connectivity index (χ0) is 16.5. The molecule has 0 unspecified atom stereocenters. The zero-order valence-electron chi connectivity index (χ0n) is 14.0. The molecular formula is C18H28N2O3. The van der Waals surface area contributed by atoms with Gasteiger partial charge in [-0.25, -0.2) is 4.79 Å². The standard InChI is InChI=1S/C18H28N2O3/c1-23-13-7-12-19-18(22)20(16-9-3-2-4-10-16)14-15-8-5-6-11-17(15)21/h5-6,8,11,16,21H,2-4,7,9-10,12-14H2,1H3,(H,19,22). The second-order valence-electron chi connectivity index (χ2n) is 6.13. The number of amides is 2. The molecule has 1 saturated carbocycles. The Balaban J connectivity index is 2.02. The van der Waals surface area contributed by atoms with Gasteiger partial charge in [0.2, 0.25) is 0 Å². The molecule has 0 spiro atoms. The van der Waals surface area contributed by atoms with Crippen molar-refractivity contribution in [3.63, 3.8) is 0 Å². The quantitative estimate of drug-likeness (QED) is 0.758. The molecule has 5 heteroatoms. The van der Waals surface area contributed by atoms with Gasteiger partial charge in [-0.05, 0) is 25.3 Å². The van der Waals surface area contributed by atoms with Crippen LogP contribution in [0.5, 0.6) is 5.75 Å². The van der Waals surface area contributed by atoms with Gasteiger partial charge in [0.15, 0.2) is 0 Å². The van der Waals surface area contributed by atoms with E-state index in [9.17, 15) is 9.90 Å². The normalized spacial score (nSPS) is 15.3. The van der Waals surface area contributed by atoms with Crippen LogP contribution in [0, 0.1) is 0 Å². The number of methoxy groups -OCH3 is 1. The van der Waals surface area contributed by atoms with Gasteiger partial charge in [-0.1, -0.05) is 37.5 Å². The molecule has 0 heterocycles. The zero-order valence-corrected chi connectivity index (χ0v) is 14.0. The monoisotopic (exact) mass is 320 g/mol. The maximum atomic E-state index is 12.6. The Kier molecular flexibility index (Phi) is 7.20. The molecule has 1 aromatic rings. The lowest BCUT2D eigenvalue weighted by Gasteiger charge is -2.34. The van der Waals surface area contributed by atoms with E-state index in [2.05, 4.69) is 5.32 Å². The summed E-state index contributed by atoms with van der Waals surface area (Å²) in [6, 6.07) is 7.45. The van der Waals surface area contributed by atoms with Crippen molar-refractivity contribution in [2.75, 3.05) is 20.3 Å². The molecule has 23 heavy (non-hydrogen) atoms. The van der Waals surface area contributed by atoms with Crippen LogP contribution >= 0.6 is 0 Å². The number of ether oxygens (including phenoxy) is 1. The number of para-hydroxylation sites is 1. The molecular weight excluding hydrogens is 292 g/mol. The van der Waals surface area contributed by atoms with Crippen LogP contribution in [0.15, 0.2) is 24.3 Å². The Morgan fingerprint density at radius 1 is 1.30 bits per heavy atom. The van der Waals surface area contributed by atoms with Crippen molar-refractivity contribution in [3.05, 3.63) is 29.8 Å². The number of hydrogen-bond acceptors (Lipinski definition) is 3. The Hall–Kier alpha value is -1.75. The van der Waals surface area contributed by atoms with Crippen molar-refractivity contribution in [1.82, 2.24) is 10.2 Å². The third-order valence-electron chi connectivity index (χ3n) is 4.41. The molecule has 0 aromatic heterocycles. The summed E-state index contributed by atoms with van der Waals surface area (Å²) in [6.07, 6.45) is 6.46. The molecule has 1 aromatic carbocycles. The van der Waals surface area contributed by atoms with Crippen molar-refractivity contribution in [3.8, 4) is 5.75 Å². The Morgan fingerprint density at radius 3 is 2.74 bits per heavy atom. The number of hydrogen-bond donors (Lipinski definition) is 2. The van der Waals surface area contributed by atoms with Gasteiger partial charge in [-0.2, -0.15) is 0 Å². The van der Waals surface area contributed by atoms with Crippen molar-refractivity contribution in [1.29, 1.82) is 0 Å². The molecule has 0 aliphatic heterocycles. The van der Waals surface area contributed by atoms with Crippen molar-refractivity contribution in [2.24, 2.45) is 0 Å². The smallest absolute Gasteiger partial charge is 0.317 e. The Bertz CT molecular complexity index is 487. The van der Waals surface area contributed by atoms with Crippen molar-refractivity contribution in [2.45, 2.75) is 51.1 Å². The van der Waals surface area contributed by atoms with Crippen LogP contribution in [-0.2, 0) is 11.3 Å². The first-order valence-electron chi connectivity index (χ1n) is 8.52. The third kappa shape index (κ3) is 5.43. The van der Waals surface area contributed by atoms with E-state index in [1.165, 1.54) is 19.3 Å². The van der Waals surface area contributed by atoms with Gasteiger partial charge in [0.25, 0.3) is 0 Å². The average Bonchev–Trinajstić information content (AvgIpc) is 2.58. The fourth-order valence-corrected chi connectivity index (χ4v) is 3.10. The van der Waals surface area contributed by atoms with Crippen LogP contribution in [0.3, 0.4) is 0 Å². The number of urea groups is 1. The first kappa shape index (κ1) is 17.6. The minimum absolute atomic E-state index is 0.0451. The number of benzene rings is 1. The van der Waals surface area contributed by atoms with E-state index in [1.54, 1.807) is 19.2 Å². The molecule has 2 amide bonds. The number of phenols is 1. The SMILES string of the molecule is COCCCNC(=O)N(Cc1ccccc1O)C1CCCCC1. The van der Waals surface area contributed by atoms with Gasteiger partial charge in [-0.3, -0.25) is 0 Å². The van der Waals surface area contributed by atoms with Crippen LogP contribution in [0.25, 0.3) is 0 Å². The number of carbonyl (C=O) groups is 1. The molecule has 0 atom stereocenters. The molecule has 5 nitrogen and oxygen atoms in total. The summed E-state index contributed by atoms with van der Waals surface area (Å²) < 4.78 is 5.01. The van der Waals surface area contributed by atoms with E-state index in [1.807, 2.05) is 17.0 Å². The Labute approximate surface area is 138 Å². The minimum Gasteiger partial charge on any atom is -0.508 e. The van der Waals surface area contributed by atoms with Crippen LogP contribution < -0.4 is 5.32 Å². The molecule has 1 aliphatic rings. The number of rotatable bonds is 7.